The van der Waals surface area contributed by atoms with E-state index < -0.39 is 11.9 Å². The summed E-state index contributed by atoms with van der Waals surface area (Å²) < 4.78 is 16.9. The molecule has 7 nitrogen and oxygen atoms in total. The Hall–Kier alpha value is -2.42. The molecule has 28 heavy (non-hydrogen) atoms. The van der Waals surface area contributed by atoms with Crippen LogP contribution in [0.1, 0.15) is 16.9 Å². The van der Waals surface area contributed by atoms with Gasteiger partial charge in [0.05, 0.1) is 37.0 Å². The molecule has 0 bridgehead atoms. The lowest BCUT2D eigenvalue weighted by molar-refractivity contribution is 0.0163. The fraction of sp³-hybridized carbons (Fsp3) is 0.263. The van der Waals surface area contributed by atoms with Crippen LogP contribution >= 0.6 is 22.6 Å². The smallest absolute Gasteiger partial charge is 0.293 e. The lowest BCUT2D eigenvalue weighted by atomic mass is 10.1. The van der Waals surface area contributed by atoms with Crippen molar-refractivity contribution in [2.75, 3.05) is 18.5 Å². The molecule has 146 valence electrons. The van der Waals surface area contributed by atoms with Gasteiger partial charge in [0.1, 0.15) is 11.5 Å². The molecule has 1 amide bonds. The number of fused-ring (bicyclic) bond motifs is 1. The van der Waals surface area contributed by atoms with Crippen LogP contribution in [0.5, 0.6) is 0 Å². The van der Waals surface area contributed by atoms with Crippen LogP contribution in [0.3, 0.4) is 0 Å². The average molecular weight is 496 g/mol. The second-order valence-electron chi connectivity index (χ2n) is 5.96. The van der Waals surface area contributed by atoms with E-state index in [1.54, 1.807) is 23.0 Å². The second kappa shape index (κ2) is 9.18. The number of nitrogens with one attached hydrogen (secondary N) is 2. The van der Waals surface area contributed by atoms with E-state index >= 15 is 0 Å². The van der Waals surface area contributed by atoms with Crippen molar-refractivity contribution in [2.45, 2.75) is 19.0 Å². The highest BCUT2D eigenvalue weighted by Crippen LogP contribution is 2.34. The molecule has 9 heteroatoms. The van der Waals surface area contributed by atoms with Gasteiger partial charge >= 0.3 is 0 Å². The number of hydroxylamine groups is 1. The van der Waals surface area contributed by atoms with Crippen LogP contribution in [-0.4, -0.2) is 39.8 Å². The van der Waals surface area contributed by atoms with Gasteiger partial charge in [0.2, 0.25) is 0 Å². The summed E-state index contributed by atoms with van der Waals surface area (Å²) in [4.78, 5) is 21.9. The van der Waals surface area contributed by atoms with E-state index in [0.717, 1.165) is 3.58 Å². The summed E-state index contributed by atoms with van der Waals surface area (Å²) in [5.41, 5.74) is 3.60. The minimum atomic E-state index is -0.617. The summed E-state index contributed by atoms with van der Waals surface area (Å²) in [6.45, 7) is -0.175. The quantitative estimate of drug-likeness (QED) is 0.238. The number of hydrogen-bond acceptors (Lipinski definition) is 5. The van der Waals surface area contributed by atoms with Crippen molar-refractivity contribution in [3.05, 3.63) is 45.7 Å². The largest absolute Gasteiger partial charge is 0.394 e. The van der Waals surface area contributed by atoms with Gasteiger partial charge in [-0.1, -0.05) is 12.0 Å². The number of aliphatic hydroxyl groups is 1. The molecule has 0 radical (unpaired) electrons. The van der Waals surface area contributed by atoms with Crippen LogP contribution in [0.25, 0.3) is 10.9 Å². The molecule has 0 aliphatic heterocycles. The normalized spacial score (nSPS) is 16.3. The third-order valence-corrected chi connectivity index (χ3v) is 4.92. The predicted molar refractivity (Wildman–Crippen MR) is 112 cm³/mol. The number of halogens is 2. The molecular formula is C19H18FIN4O3. The third kappa shape index (κ3) is 4.19. The van der Waals surface area contributed by atoms with Crippen molar-refractivity contribution in [3.8, 4) is 12.3 Å². The summed E-state index contributed by atoms with van der Waals surface area (Å²) in [5, 5.41) is 12.6. The summed E-state index contributed by atoms with van der Waals surface area (Å²) in [6.07, 6.45) is 12.5. The molecule has 1 atom stereocenters. The molecule has 3 rings (SSSR count). The molecule has 2 aromatic rings. The summed E-state index contributed by atoms with van der Waals surface area (Å²) >= 11 is 2.06. The standard InChI is InChI=1S/C19H18FIN4O3/c1-2-7-25-16-5-6-22-11-13(16)17(18(25)19(27)24-28-9-8-26)23-15-4-3-12(21)10-14(15)20/h1,3,5-6,10-11,15,23,26H,4,7-9H2,(H,24,27). The minimum Gasteiger partial charge on any atom is -0.394 e. The van der Waals surface area contributed by atoms with Crippen molar-refractivity contribution >= 4 is 45.1 Å². The zero-order chi connectivity index (χ0) is 20.1. The van der Waals surface area contributed by atoms with Gasteiger partial charge in [0.25, 0.3) is 5.91 Å². The highest BCUT2D eigenvalue weighted by Gasteiger charge is 2.26. The van der Waals surface area contributed by atoms with Crippen LogP contribution in [0.4, 0.5) is 10.1 Å². The Balaban J connectivity index is 2.06. The van der Waals surface area contributed by atoms with Gasteiger partial charge in [-0.25, -0.2) is 9.87 Å². The zero-order valence-corrected chi connectivity index (χ0v) is 16.9. The number of rotatable bonds is 7. The first-order chi connectivity index (χ1) is 13.6. The van der Waals surface area contributed by atoms with Crippen molar-refractivity contribution in [3.63, 3.8) is 0 Å². The maximum atomic E-state index is 14.5. The number of aliphatic hydroxyl groups excluding tert-OH is 1. The monoisotopic (exact) mass is 496 g/mol. The Bertz CT molecular complexity index is 993. The fourth-order valence-corrected chi connectivity index (χ4v) is 3.53. The molecule has 0 saturated heterocycles. The Kier molecular flexibility index (Phi) is 6.66. The SMILES string of the molecule is C#CCn1c(C(=O)NOCCO)c(NC2CC=C(I)C=C2F)c2cnccc21. The molecule has 0 spiro atoms. The highest BCUT2D eigenvalue weighted by molar-refractivity contribution is 14.1. The molecular weight excluding hydrogens is 478 g/mol. The molecule has 1 unspecified atom stereocenters. The van der Waals surface area contributed by atoms with Gasteiger partial charge in [-0.2, -0.15) is 0 Å². The van der Waals surface area contributed by atoms with Crippen LogP contribution in [0.2, 0.25) is 0 Å². The van der Waals surface area contributed by atoms with E-state index in [2.05, 4.69) is 44.3 Å². The highest BCUT2D eigenvalue weighted by atomic mass is 127. The van der Waals surface area contributed by atoms with Crippen LogP contribution in [-0.2, 0) is 11.4 Å². The number of amides is 1. The van der Waals surface area contributed by atoms with Crippen molar-refractivity contribution < 1.29 is 19.1 Å². The van der Waals surface area contributed by atoms with Crippen molar-refractivity contribution in [2.24, 2.45) is 0 Å². The molecule has 1 aliphatic rings. The van der Waals surface area contributed by atoms with Gasteiger partial charge in [0, 0.05) is 21.4 Å². The van der Waals surface area contributed by atoms with Gasteiger partial charge in [-0.05, 0) is 41.2 Å². The Labute approximate surface area is 174 Å². The first-order valence-corrected chi connectivity index (χ1v) is 9.56. The van der Waals surface area contributed by atoms with Gasteiger partial charge in [-0.3, -0.25) is 14.6 Å². The molecule has 2 aromatic heterocycles. The topological polar surface area (TPSA) is 88.4 Å². The third-order valence-electron chi connectivity index (χ3n) is 4.16. The van der Waals surface area contributed by atoms with Gasteiger partial charge < -0.3 is 15.0 Å². The fourth-order valence-electron chi connectivity index (χ4n) is 2.98. The Morgan fingerprint density at radius 1 is 1.57 bits per heavy atom. The van der Waals surface area contributed by atoms with E-state index in [1.165, 1.54) is 6.08 Å². The maximum Gasteiger partial charge on any atom is 0.293 e. The van der Waals surface area contributed by atoms with Crippen molar-refractivity contribution in [1.82, 2.24) is 15.0 Å². The number of terminal acetylenes is 1. The van der Waals surface area contributed by atoms with E-state index in [1.807, 2.05) is 6.08 Å². The predicted octanol–water partition coefficient (Wildman–Crippen LogP) is 2.68. The average Bonchev–Trinajstić information content (AvgIpc) is 2.98. The number of carbonyl (C=O) groups excluding carboxylic acids is 1. The molecule has 0 fully saturated rings. The Morgan fingerprint density at radius 2 is 2.39 bits per heavy atom. The number of pyridine rings is 1. The van der Waals surface area contributed by atoms with Crippen molar-refractivity contribution in [1.29, 1.82) is 0 Å². The number of aromatic nitrogens is 2. The minimum absolute atomic E-state index is 0.0609. The number of anilines is 1. The van der Waals surface area contributed by atoms with Gasteiger partial charge in [0.15, 0.2) is 0 Å². The Morgan fingerprint density at radius 3 is 3.11 bits per heavy atom. The second-order valence-corrected chi connectivity index (χ2v) is 7.21. The molecule has 0 aromatic carbocycles. The van der Waals surface area contributed by atoms with Crippen LogP contribution < -0.4 is 10.8 Å². The number of carbonyl (C=O) groups is 1. The molecule has 1 aliphatic carbocycles. The first kappa shape index (κ1) is 20.3. The first-order valence-electron chi connectivity index (χ1n) is 8.48. The van der Waals surface area contributed by atoms with E-state index in [4.69, 9.17) is 16.4 Å². The van der Waals surface area contributed by atoms with E-state index in [9.17, 15) is 9.18 Å². The number of hydrogen-bond donors (Lipinski definition) is 3. The van der Waals surface area contributed by atoms with Gasteiger partial charge in [-0.15, -0.1) is 6.42 Å². The summed E-state index contributed by atoms with van der Waals surface area (Å²) in [5.74, 6) is 1.64. The molecule has 0 saturated carbocycles. The lowest BCUT2D eigenvalue weighted by Gasteiger charge is -2.20. The molecule has 2 heterocycles. The van der Waals surface area contributed by atoms with Crippen LogP contribution in [0.15, 0.2) is 40.0 Å². The zero-order valence-electron chi connectivity index (χ0n) is 14.8. The summed E-state index contributed by atoms with van der Waals surface area (Å²) in [6, 6.07) is 1.12. The maximum absolute atomic E-state index is 14.5. The number of nitrogens with zero attached hydrogens (tertiary/aromatic N) is 2. The number of allylic oxidation sites excluding steroid dienone is 2. The molecule has 3 N–H and O–H groups in total. The lowest BCUT2D eigenvalue weighted by Crippen LogP contribution is -2.29. The summed E-state index contributed by atoms with van der Waals surface area (Å²) in [7, 11) is 0. The van der Waals surface area contributed by atoms with E-state index in [-0.39, 0.29) is 31.3 Å². The van der Waals surface area contributed by atoms with E-state index in [0.29, 0.717) is 23.0 Å². The van der Waals surface area contributed by atoms with Crippen LogP contribution in [0, 0.1) is 12.3 Å².